The highest BCUT2D eigenvalue weighted by Gasteiger charge is 2.10. The molecule has 0 saturated heterocycles. The van der Waals surface area contributed by atoms with Crippen molar-refractivity contribution in [3.8, 4) is 0 Å². The average molecular weight is 407 g/mol. The Morgan fingerprint density at radius 3 is 2.45 bits per heavy atom. The van der Waals surface area contributed by atoms with Crippen LogP contribution >= 0.6 is 12.2 Å². The van der Waals surface area contributed by atoms with E-state index in [1.807, 2.05) is 49.4 Å². The van der Waals surface area contributed by atoms with Crippen LogP contribution in [0.25, 0.3) is 10.8 Å². The van der Waals surface area contributed by atoms with Gasteiger partial charge >= 0.3 is 5.97 Å². The standard InChI is InChI=1S/C23H22N2O3S/c1-2-14-28-22(27)17-10-12-19(13-11-17)24-23(29)25-21(26)15-18-8-5-7-16-6-3-4-9-20(16)18/h3-13H,2,14-15H2,1H3,(H2,24,25,26,29). The molecule has 0 bridgehead atoms. The van der Waals surface area contributed by atoms with Crippen molar-refractivity contribution in [2.24, 2.45) is 0 Å². The van der Waals surface area contributed by atoms with Crippen molar-refractivity contribution in [1.29, 1.82) is 0 Å². The van der Waals surface area contributed by atoms with Crippen molar-refractivity contribution in [3.05, 3.63) is 77.9 Å². The lowest BCUT2D eigenvalue weighted by atomic mass is 10.0. The second-order valence-electron chi connectivity index (χ2n) is 6.53. The van der Waals surface area contributed by atoms with E-state index in [1.165, 1.54) is 0 Å². The molecule has 148 valence electrons. The summed E-state index contributed by atoms with van der Waals surface area (Å²) in [6, 6.07) is 20.6. The fraction of sp³-hybridized carbons (Fsp3) is 0.174. The number of hydrogen-bond donors (Lipinski definition) is 2. The van der Waals surface area contributed by atoms with Crippen LogP contribution in [0.1, 0.15) is 29.3 Å². The molecule has 0 aliphatic heterocycles. The number of carbonyl (C=O) groups is 2. The minimum atomic E-state index is -0.357. The van der Waals surface area contributed by atoms with Crippen molar-refractivity contribution < 1.29 is 14.3 Å². The normalized spacial score (nSPS) is 10.4. The lowest BCUT2D eigenvalue weighted by molar-refractivity contribution is -0.119. The summed E-state index contributed by atoms with van der Waals surface area (Å²) in [5.41, 5.74) is 2.08. The molecular formula is C23H22N2O3S. The first-order valence-corrected chi connectivity index (χ1v) is 9.82. The Kier molecular flexibility index (Phi) is 6.92. The van der Waals surface area contributed by atoms with Gasteiger partial charge in [0.15, 0.2) is 5.11 Å². The minimum absolute atomic E-state index is 0.196. The lowest BCUT2D eigenvalue weighted by Crippen LogP contribution is -2.35. The molecule has 6 heteroatoms. The molecule has 2 N–H and O–H groups in total. The van der Waals surface area contributed by atoms with E-state index in [0.29, 0.717) is 17.9 Å². The number of nitrogens with one attached hydrogen (secondary N) is 2. The van der Waals surface area contributed by atoms with E-state index in [-0.39, 0.29) is 23.4 Å². The molecule has 0 unspecified atom stereocenters. The number of hydrogen-bond acceptors (Lipinski definition) is 4. The molecule has 0 radical (unpaired) electrons. The third-order valence-electron chi connectivity index (χ3n) is 4.30. The van der Waals surface area contributed by atoms with E-state index in [2.05, 4.69) is 10.6 Å². The van der Waals surface area contributed by atoms with Crippen LogP contribution in [-0.2, 0) is 16.0 Å². The van der Waals surface area contributed by atoms with E-state index in [4.69, 9.17) is 17.0 Å². The molecule has 0 fully saturated rings. The van der Waals surface area contributed by atoms with Gasteiger partial charge in [-0.05, 0) is 59.2 Å². The molecule has 1 amide bonds. The van der Waals surface area contributed by atoms with Crippen LogP contribution in [0.3, 0.4) is 0 Å². The van der Waals surface area contributed by atoms with Crippen LogP contribution in [0.2, 0.25) is 0 Å². The maximum Gasteiger partial charge on any atom is 0.338 e. The summed E-state index contributed by atoms with van der Waals surface area (Å²) in [5, 5.41) is 8.00. The summed E-state index contributed by atoms with van der Waals surface area (Å²) in [6.07, 6.45) is 1.00. The Hall–Kier alpha value is -3.25. The van der Waals surface area contributed by atoms with Gasteiger partial charge in [0.2, 0.25) is 5.91 Å². The fourth-order valence-corrected chi connectivity index (χ4v) is 3.15. The predicted octanol–water partition coefficient (Wildman–Crippen LogP) is 4.46. The molecule has 3 rings (SSSR count). The zero-order valence-corrected chi connectivity index (χ0v) is 16.9. The van der Waals surface area contributed by atoms with E-state index >= 15 is 0 Å². The molecule has 5 nitrogen and oxygen atoms in total. The SMILES string of the molecule is CCCOC(=O)c1ccc(NC(=S)NC(=O)Cc2cccc3ccccc23)cc1. The van der Waals surface area contributed by atoms with Crippen molar-refractivity contribution in [1.82, 2.24) is 5.32 Å². The lowest BCUT2D eigenvalue weighted by Gasteiger charge is -2.11. The Bertz CT molecular complexity index is 1030. The Morgan fingerprint density at radius 2 is 1.69 bits per heavy atom. The number of esters is 1. The molecule has 0 aromatic heterocycles. The molecule has 0 aliphatic rings. The van der Waals surface area contributed by atoms with Gasteiger partial charge < -0.3 is 15.4 Å². The smallest absolute Gasteiger partial charge is 0.338 e. The van der Waals surface area contributed by atoms with Gasteiger partial charge in [-0.25, -0.2) is 4.79 Å². The van der Waals surface area contributed by atoms with Crippen molar-refractivity contribution in [2.75, 3.05) is 11.9 Å². The maximum atomic E-state index is 12.4. The van der Waals surface area contributed by atoms with Crippen LogP contribution in [0, 0.1) is 0 Å². The molecule has 0 heterocycles. The highest BCUT2D eigenvalue weighted by molar-refractivity contribution is 7.80. The van der Waals surface area contributed by atoms with Gasteiger partial charge in [-0.2, -0.15) is 0 Å². The molecule has 0 aliphatic carbocycles. The number of carbonyl (C=O) groups excluding carboxylic acids is 2. The van der Waals surface area contributed by atoms with Gasteiger partial charge in [-0.1, -0.05) is 49.4 Å². The number of thiocarbonyl (C=S) groups is 1. The van der Waals surface area contributed by atoms with Crippen LogP contribution in [0.5, 0.6) is 0 Å². The molecule has 3 aromatic carbocycles. The topological polar surface area (TPSA) is 67.4 Å². The van der Waals surface area contributed by atoms with Gasteiger partial charge in [0.1, 0.15) is 0 Å². The van der Waals surface area contributed by atoms with Crippen LogP contribution in [0.4, 0.5) is 5.69 Å². The second-order valence-corrected chi connectivity index (χ2v) is 6.94. The maximum absolute atomic E-state index is 12.4. The van der Waals surface area contributed by atoms with E-state index < -0.39 is 0 Å². The van der Waals surface area contributed by atoms with Gasteiger partial charge in [-0.3, -0.25) is 4.79 Å². The fourth-order valence-electron chi connectivity index (χ4n) is 2.92. The largest absolute Gasteiger partial charge is 0.462 e. The molecule has 3 aromatic rings. The molecule has 0 saturated carbocycles. The number of fused-ring (bicyclic) bond motifs is 1. The van der Waals surface area contributed by atoms with Crippen LogP contribution < -0.4 is 10.6 Å². The zero-order valence-electron chi connectivity index (χ0n) is 16.1. The highest BCUT2D eigenvalue weighted by atomic mass is 32.1. The van der Waals surface area contributed by atoms with Gasteiger partial charge in [0.05, 0.1) is 18.6 Å². The zero-order chi connectivity index (χ0) is 20.6. The number of benzene rings is 3. The van der Waals surface area contributed by atoms with E-state index in [9.17, 15) is 9.59 Å². The number of anilines is 1. The number of ether oxygens (including phenoxy) is 1. The first kappa shape index (κ1) is 20.5. The summed E-state index contributed by atoms with van der Waals surface area (Å²) >= 11 is 5.23. The highest BCUT2D eigenvalue weighted by Crippen LogP contribution is 2.19. The minimum Gasteiger partial charge on any atom is -0.462 e. The quantitative estimate of drug-likeness (QED) is 0.467. The van der Waals surface area contributed by atoms with E-state index in [1.54, 1.807) is 24.3 Å². The Balaban J connectivity index is 1.56. The third-order valence-corrected chi connectivity index (χ3v) is 4.50. The Morgan fingerprint density at radius 1 is 0.966 bits per heavy atom. The average Bonchev–Trinajstić information content (AvgIpc) is 2.72. The molecule has 29 heavy (non-hydrogen) atoms. The molecule has 0 spiro atoms. The van der Waals surface area contributed by atoms with E-state index in [0.717, 1.165) is 22.8 Å². The summed E-state index contributed by atoms with van der Waals surface area (Å²) in [4.78, 5) is 24.2. The summed E-state index contributed by atoms with van der Waals surface area (Å²) in [7, 11) is 0. The first-order chi connectivity index (χ1) is 14.1. The number of amides is 1. The Labute approximate surface area is 175 Å². The summed E-state index contributed by atoms with van der Waals surface area (Å²) in [5.74, 6) is -0.553. The van der Waals surface area contributed by atoms with Crippen molar-refractivity contribution in [2.45, 2.75) is 19.8 Å². The molecule has 0 atom stereocenters. The first-order valence-electron chi connectivity index (χ1n) is 9.41. The van der Waals surface area contributed by atoms with Gasteiger partial charge in [0.25, 0.3) is 0 Å². The van der Waals surface area contributed by atoms with Crippen LogP contribution in [0.15, 0.2) is 66.7 Å². The van der Waals surface area contributed by atoms with Crippen LogP contribution in [-0.4, -0.2) is 23.6 Å². The summed E-state index contributed by atoms with van der Waals surface area (Å²) < 4.78 is 5.10. The third kappa shape index (κ3) is 5.62. The second kappa shape index (κ2) is 9.80. The predicted molar refractivity (Wildman–Crippen MR) is 119 cm³/mol. The van der Waals surface area contributed by atoms with Gasteiger partial charge in [0, 0.05) is 5.69 Å². The van der Waals surface area contributed by atoms with Crippen molar-refractivity contribution in [3.63, 3.8) is 0 Å². The summed E-state index contributed by atoms with van der Waals surface area (Å²) in [6.45, 7) is 2.33. The number of rotatable bonds is 6. The van der Waals surface area contributed by atoms with Gasteiger partial charge in [-0.15, -0.1) is 0 Å². The molecular weight excluding hydrogens is 384 g/mol. The monoisotopic (exact) mass is 406 g/mol. The van der Waals surface area contributed by atoms with Crippen molar-refractivity contribution >= 4 is 45.7 Å².